The number of allylic oxidation sites excluding steroid dienone is 1. The Kier molecular flexibility index (Phi) is 7.28. The van der Waals surface area contributed by atoms with Gasteiger partial charge in [0.25, 0.3) is 0 Å². The van der Waals surface area contributed by atoms with Crippen molar-refractivity contribution in [2.75, 3.05) is 6.54 Å². The molecule has 1 fully saturated rings. The van der Waals surface area contributed by atoms with Gasteiger partial charge in [-0.2, -0.15) is 0 Å². The zero-order chi connectivity index (χ0) is 21.9. The molecular formula is C25H30Cl2N2O. The van der Waals surface area contributed by atoms with E-state index < -0.39 is 5.41 Å². The second-order valence-corrected chi connectivity index (χ2v) is 9.30. The van der Waals surface area contributed by atoms with Crippen LogP contribution in [0.5, 0.6) is 0 Å². The van der Waals surface area contributed by atoms with E-state index >= 15 is 0 Å². The second-order valence-electron chi connectivity index (χ2n) is 8.43. The van der Waals surface area contributed by atoms with Crippen LogP contribution in [0.25, 0.3) is 0 Å². The van der Waals surface area contributed by atoms with Crippen LogP contribution in [0.2, 0.25) is 10.0 Å². The first-order valence-corrected chi connectivity index (χ1v) is 11.2. The van der Waals surface area contributed by atoms with Gasteiger partial charge in [0.2, 0.25) is 5.91 Å². The summed E-state index contributed by atoms with van der Waals surface area (Å²) in [6.45, 7) is 8.45. The lowest BCUT2D eigenvalue weighted by Crippen LogP contribution is -2.57. The predicted molar refractivity (Wildman–Crippen MR) is 126 cm³/mol. The smallest absolute Gasteiger partial charge is 0.229 e. The van der Waals surface area contributed by atoms with E-state index in [2.05, 4.69) is 19.6 Å². The molecule has 0 spiro atoms. The molecular weight excluding hydrogens is 415 g/mol. The van der Waals surface area contributed by atoms with Gasteiger partial charge in [-0.15, -0.1) is 6.58 Å². The van der Waals surface area contributed by atoms with Crippen molar-refractivity contribution in [3.63, 3.8) is 0 Å². The number of nitrogens with zero attached hydrogens (tertiary/aromatic N) is 1. The Labute approximate surface area is 189 Å². The maximum atomic E-state index is 13.9. The minimum Gasteiger partial charge on any atom is -0.330 e. The number of hydrogen-bond donors (Lipinski definition) is 1. The lowest BCUT2D eigenvalue weighted by molar-refractivity contribution is -0.154. The molecule has 3 nitrogen and oxygen atoms in total. The Morgan fingerprint density at radius 1 is 1.20 bits per heavy atom. The topological polar surface area (TPSA) is 46.3 Å². The molecule has 0 saturated carbocycles. The molecule has 1 aliphatic rings. The van der Waals surface area contributed by atoms with Crippen molar-refractivity contribution >= 4 is 29.1 Å². The van der Waals surface area contributed by atoms with Gasteiger partial charge in [-0.3, -0.25) is 4.79 Å². The van der Waals surface area contributed by atoms with Crippen LogP contribution in [0.15, 0.2) is 61.2 Å². The number of carbonyl (C=O) groups is 1. The van der Waals surface area contributed by atoms with Crippen LogP contribution in [0, 0.1) is 5.41 Å². The molecule has 160 valence electrons. The summed E-state index contributed by atoms with van der Waals surface area (Å²) in [5.74, 6) is 0.214. The van der Waals surface area contributed by atoms with Gasteiger partial charge in [0.1, 0.15) is 0 Å². The van der Waals surface area contributed by atoms with Crippen LogP contribution in [0.4, 0.5) is 0 Å². The molecule has 1 heterocycles. The number of rotatable bonds is 7. The van der Waals surface area contributed by atoms with E-state index in [4.69, 9.17) is 28.9 Å². The van der Waals surface area contributed by atoms with Crippen molar-refractivity contribution in [2.45, 2.75) is 51.1 Å². The fourth-order valence-electron chi connectivity index (χ4n) is 4.77. The molecule has 3 rings (SSSR count). The van der Waals surface area contributed by atoms with Crippen molar-refractivity contribution < 1.29 is 4.79 Å². The zero-order valence-corrected chi connectivity index (χ0v) is 19.2. The summed E-state index contributed by atoms with van der Waals surface area (Å²) in [6, 6.07) is 15.6. The fourth-order valence-corrected chi connectivity index (χ4v) is 5.09. The first-order chi connectivity index (χ1) is 14.3. The van der Waals surface area contributed by atoms with Gasteiger partial charge in [-0.25, -0.2) is 0 Å². The van der Waals surface area contributed by atoms with E-state index in [0.29, 0.717) is 29.4 Å². The number of halogens is 2. The normalized spacial score (nSPS) is 25.2. The van der Waals surface area contributed by atoms with Crippen molar-refractivity contribution in [1.29, 1.82) is 0 Å². The molecule has 30 heavy (non-hydrogen) atoms. The first-order valence-electron chi connectivity index (χ1n) is 10.5. The quantitative estimate of drug-likeness (QED) is 0.504. The number of amides is 1. The number of benzene rings is 2. The summed E-state index contributed by atoms with van der Waals surface area (Å²) in [7, 11) is 0. The summed E-state index contributed by atoms with van der Waals surface area (Å²) in [5, 5.41) is 1.37. The lowest BCUT2D eigenvalue weighted by atomic mass is 9.67. The minimum atomic E-state index is -0.541. The molecule has 0 bridgehead atoms. The van der Waals surface area contributed by atoms with Gasteiger partial charge in [-0.1, -0.05) is 67.4 Å². The lowest BCUT2D eigenvalue weighted by Gasteiger charge is -2.52. The number of likely N-dealkylation sites (tertiary alicyclic amines) is 1. The highest BCUT2D eigenvalue weighted by Crippen LogP contribution is 2.52. The van der Waals surface area contributed by atoms with E-state index in [0.717, 1.165) is 17.5 Å². The second kappa shape index (κ2) is 9.55. The maximum Gasteiger partial charge on any atom is 0.229 e. The first kappa shape index (κ1) is 22.9. The average Bonchev–Trinajstić information content (AvgIpc) is 2.73. The molecule has 0 radical (unpaired) electrons. The summed E-state index contributed by atoms with van der Waals surface area (Å²) >= 11 is 12.5. The third-order valence-electron chi connectivity index (χ3n) is 6.32. The van der Waals surface area contributed by atoms with E-state index in [9.17, 15) is 4.79 Å². The van der Waals surface area contributed by atoms with Gasteiger partial charge in [0.05, 0.1) is 11.5 Å². The zero-order valence-electron chi connectivity index (χ0n) is 17.7. The largest absolute Gasteiger partial charge is 0.330 e. The van der Waals surface area contributed by atoms with Crippen LogP contribution in [-0.4, -0.2) is 23.4 Å². The van der Waals surface area contributed by atoms with Crippen LogP contribution in [0.3, 0.4) is 0 Å². The fraction of sp³-hybridized carbons (Fsp3) is 0.400. The molecule has 2 aromatic rings. The van der Waals surface area contributed by atoms with Gasteiger partial charge >= 0.3 is 0 Å². The predicted octanol–water partition coefficient (Wildman–Crippen LogP) is 6.37. The minimum absolute atomic E-state index is 0.0516. The molecule has 1 amide bonds. The Morgan fingerprint density at radius 3 is 2.47 bits per heavy atom. The maximum absolute atomic E-state index is 13.9. The van der Waals surface area contributed by atoms with Gasteiger partial charge in [0.15, 0.2) is 0 Å². The average molecular weight is 445 g/mol. The Bertz CT molecular complexity index is 894. The molecule has 2 N–H and O–H groups in total. The summed E-state index contributed by atoms with van der Waals surface area (Å²) in [4.78, 5) is 15.9. The van der Waals surface area contributed by atoms with Crippen LogP contribution < -0.4 is 5.73 Å². The molecule has 5 heteroatoms. The van der Waals surface area contributed by atoms with Crippen LogP contribution in [0.1, 0.15) is 56.2 Å². The van der Waals surface area contributed by atoms with Crippen molar-refractivity contribution in [1.82, 2.24) is 4.90 Å². The Balaban J connectivity index is 2.22. The van der Waals surface area contributed by atoms with Crippen molar-refractivity contribution in [2.24, 2.45) is 11.1 Å². The summed E-state index contributed by atoms with van der Waals surface area (Å²) in [6.07, 6.45) is 3.96. The SMILES string of the molecule is C=CC[C@@]1(C)C[C@H](c2cccc(Cl)c2)[C@@H](c2ccc(Cl)cc2)N(C(CC)CN)C1=O. The van der Waals surface area contributed by atoms with Crippen LogP contribution in [-0.2, 0) is 4.79 Å². The van der Waals surface area contributed by atoms with Gasteiger partial charge in [0, 0.05) is 28.5 Å². The van der Waals surface area contributed by atoms with Crippen LogP contribution >= 0.6 is 23.2 Å². The van der Waals surface area contributed by atoms with E-state index in [-0.39, 0.29) is 23.9 Å². The van der Waals surface area contributed by atoms with E-state index in [1.54, 1.807) is 0 Å². The number of nitrogens with two attached hydrogens (primary N) is 1. The highest BCUT2D eigenvalue weighted by molar-refractivity contribution is 6.30. The number of piperidine rings is 1. The molecule has 1 aliphatic heterocycles. The number of carbonyl (C=O) groups excluding carboxylic acids is 1. The third-order valence-corrected chi connectivity index (χ3v) is 6.81. The monoisotopic (exact) mass is 444 g/mol. The van der Waals surface area contributed by atoms with Crippen molar-refractivity contribution in [3.05, 3.63) is 82.4 Å². The van der Waals surface area contributed by atoms with Gasteiger partial charge < -0.3 is 10.6 Å². The Morgan fingerprint density at radius 2 is 1.90 bits per heavy atom. The molecule has 1 unspecified atom stereocenters. The molecule has 0 aliphatic carbocycles. The molecule has 1 saturated heterocycles. The summed E-state index contributed by atoms with van der Waals surface area (Å²) < 4.78 is 0. The van der Waals surface area contributed by atoms with Gasteiger partial charge in [-0.05, 0) is 54.7 Å². The molecule has 0 aromatic heterocycles. The summed E-state index contributed by atoms with van der Waals surface area (Å²) in [5.41, 5.74) is 7.80. The molecule has 2 aromatic carbocycles. The van der Waals surface area contributed by atoms with E-state index in [1.807, 2.05) is 60.4 Å². The van der Waals surface area contributed by atoms with E-state index in [1.165, 1.54) is 0 Å². The third kappa shape index (κ3) is 4.44. The Hall–Kier alpha value is -1.81. The highest BCUT2D eigenvalue weighted by Gasteiger charge is 2.50. The van der Waals surface area contributed by atoms with Crippen molar-refractivity contribution in [3.8, 4) is 0 Å². The standard InChI is InChI=1S/C25H30Cl2N2O/c1-4-13-25(3)15-22(18-7-6-8-20(27)14-18)23(17-9-11-19(26)12-10-17)29(24(25)30)21(5-2)16-28/h4,6-12,14,21-23H,1,5,13,15-16,28H2,2-3H3/t21?,22-,23-,25+/m1/s1. The number of hydrogen-bond acceptors (Lipinski definition) is 2. The highest BCUT2D eigenvalue weighted by atomic mass is 35.5. The molecule has 4 atom stereocenters.